The van der Waals surface area contributed by atoms with Gasteiger partial charge in [-0.1, -0.05) is 0 Å². The lowest BCUT2D eigenvalue weighted by Gasteiger charge is -2.18. The van der Waals surface area contributed by atoms with Crippen LogP contribution in [0.3, 0.4) is 0 Å². The molecular formula is C9H16F2N2O. The van der Waals surface area contributed by atoms with Gasteiger partial charge in [-0.05, 0) is 13.8 Å². The van der Waals surface area contributed by atoms with Gasteiger partial charge in [-0.3, -0.25) is 9.69 Å². The molecule has 14 heavy (non-hydrogen) atoms. The second kappa shape index (κ2) is 3.81. The average molecular weight is 206 g/mol. The van der Waals surface area contributed by atoms with Crippen LogP contribution in [0.2, 0.25) is 0 Å². The summed E-state index contributed by atoms with van der Waals surface area (Å²) in [5.41, 5.74) is 0. The fraction of sp³-hybridized carbons (Fsp3) is 0.889. The SMILES string of the molecule is CC(=O)NC1CN(C(C)C)CC1(F)F. The highest BCUT2D eigenvalue weighted by Crippen LogP contribution is 2.28. The summed E-state index contributed by atoms with van der Waals surface area (Å²) in [5, 5.41) is 2.29. The lowest BCUT2D eigenvalue weighted by Crippen LogP contribution is -2.45. The molecule has 82 valence electrons. The van der Waals surface area contributed by atoms with Crippen LogP contribution in [0.15, 0.2) is 0 Å². The molecule has 1 aliphatic heterocycles. The zero-order chi connectivity index (χ0) is 10.9. The van der Waals surface area contributed by atoms with Crippen molar-refractivity contribution in [2.24, 2.45) is 0 Å². The number of amides is 1. The summed E-state index contributed by atoms with van der Waals surface area (Å²) in [5.74, 6) is -3.21. The lowest BCUT2D eigenvalue weighted by molar-refractivity contribution is -0.122. The van der Waals surface area contributed by atoms with Crippen LogP contribution in [0, 0.1) is 0 Å². The number of halogens is 2. The fourth-order valence-corrected chi connectivity index (χ4v) is 1.60. The minimum Gasteiger partial charge on any atom is -0.346 e. The van der Waals surface area contributed by atoms with E-state index in [-0.39, 0.29) is 19.1 Å². The van der Waals surface area contributed by atoms with E-state index in [0.29, 0.717) is 0 Å². The Morgan fingerprint density at radius 1 is 1.57 bits per heavy atom. The van der Waals surface area contributed by atoms with Crippen molar-refractivity contribution in [1.29, 1.82) is 0 Å². The summed E-state index contributed by atoms with van der Waals surface area (Å²) in [7, 11) is 0. The highest BCUT2D eigenvalue weighted by Gasteiger charge is 2.48. The van der Waals surface area contributed by atoms with E-state index in [0.717, 1.165) is 0 Å². The van der Waals surface area contributed by atoms with Crippen LogP contribution >= 0.6 is 0 Å². The number of nitrogens with zero attached hydrogens (tertiary/aromatic N) is 1. The van der Waals surface area contributed by atoms with Crippen molar-refractivity contribution in [1.82, 2.24) is 10.2 Å². The quantitative estimate of drug-likeness (QED) is 0.726. The molecule has 5 heteroatoms. The molecule has 1 amide bonds. The maximum atomic E-state index is 13.3. The molecule has 1 atom stereocenters. The van der Waals surface area contributed by atoms with Crippen LogP contribution in [-0.4, -0.2) is 41.9 Å². The Labute approximate surface area is 82.5 Å². The van der Waals surface area contributed by atoms with Gasteiger partial charge in [-0.15, -0.1) is 0 Å². The number of carbonyl (C=O) groups excluding carboxylic acids is 1. The summed E-state index contributed by atoms with van der Waals surface area (Å²) in [6.45, 7) is 4.95. The fourth-order valence-electron chi connectivity index (χ4n) is 1.60. The molecule has 1 fully saturated rings. The van der Waals surface area contributed by atoms with Crippen molar-refractivity contribution in [2.45, 2.75) is 38.8 Å². The standard InChI is InChI=1S/C9H16F2N2O/c1-6(2)13-4-8(12-7(3)14)9(10,11)5-13/h6,8H,4-5H2,1-3H3,(H,12,14). The predicted octanol–water partition coefficient (Wildman–Crippen LogP) is 0.850. The van der Waals surface area contributed by atoms with Gasteiger partial charge in [0.25, 0.3) is 5.92 Å². The monoisotopic (exact) mass is 206 g/mol. The zero-order valence-corrected chi connectivity index (χ0v) is 8.68. The molecule has 1 N–H and O–H groups in total. The predicted molar refractivity (Wildman–Crippen MR) is 49.3 cm³/mol. The Morgan fingerprint density at radius 2 is 2.14 bits per heavy atom. The lowest BCUT2D eigenvalue weighted by atomic mass is 10.2. The summed E-state index contributed by atoms with van der Waals surface area (Å²) in [4.78, 5) is 12.4. The molecule has 1 rings (SSSR count). The van der Waals surface area contributed by atoms with E-state index in [1.807, 2.05) is 13.8 Å². The van der Waals surface area contributed by atoms with E-state index in [1.165, 1.54) is 6.92 Å². The van der Waals surface area contributed by atoms with Crippen LogP contribution in [0.4, 0.5) is 8.78 Å². The zero-order valence-electron chi connectivity index (χ0n) is 8.68. The molecule has 0 spiro atoms. The number of carbonyl (C=O) groups is 1. The number of likely N-dealkylation sites (tertiary alicyclic amines) is 1. The van der Waals surface area contributed by atoms with Gasteiger partial charge in [0.1, 0.15) is 6.04 Å². The molecule has 3 nitrogen and oxygen atoms in total. The molecule has 0 aromatic rings. The number of nitrogens with one attached hydrogen (secondary N) is 1. The highest BCUT2D eigenvalue weighted by atomic mass is 19.3. The second-order valence-corrected chi connectivity index (χ2v) is 4.04. The molecule has 1 heterocycles. The number of rotatable bonds is 2. The van der Waals surface area contributed by atoms with E-state index >= 15 is 0 Å². The van der Waals surface area contributed by atoms with Crippen LogP contribution in [0.5, 0.6) is 0 Å². The number of hydrogen-bond donors (Lipinski definition) is 1. The van der Waals surface area contributed by atoms with Gasteiger partial charge < -0.3 is 5.32 Å². The van der Waals surface area contributed by atoms with E-state index in [1.54, 1.807) is 4.90 Å². The van der Waals surface area contributed by atoms with Gasteiger partial charge in [-0.25, -0.2) is 8.78 Å². The largest absolute Gasteiger partial charge is 0.346 e. The first-order chi connectivity index (χ1) is 6.33. The molecule has 0 aromatic heterocycles. The van der Waals surface area contributed by atoms with Crippen molar-refractivity contribution < 1.29 is 13.6 Å². The molecule has 0 radical (unpaired) electrons. The first kappa shape index (κ1) is 11.4. The van der Waals surface area contributed by atoms with Crippen molar-refractivity contribution in [3.8, 4) is 0 Å². The van der Waals surface area contributed by atoms with Gasteiger partial charge >= 0.3 is 0 Å². The molecule has 0 bridgehead atoms. The Hall–Kier alpha value is -0.710. The Balaban J connectivity index is 2.64. The molecule has 0 aromatic carbocycles. The Bertz CT molecular complexity index is 231. The Kier molecular flexibility index (Phi) is 3.09. The maximum absolute atomic E-state index is 13.3. The third-order valence-corrected chi connectivity index (χ3v) is 2.45. The van der Waals surface area contributed by atoms with Crippen LogP contribution in [0.25, 0.3) is 0 Å². The van der Waals surface area contributed by atoms with Crippen molar-refractivity contribution in [3.05, 3.63) is 0 Å². The minimum atomic E-state index is -2.81. The van der Waals surface area contributed by atoms with E-state index in [2.05, 4.69) is 5.32 Å². The highest BCUT2D eigenvalue weighted by molar-refractivity contribution is 5.73. The smallest absolute Gasteiger partial charge is 0.281 e. The van der Waals surface area contributed by atoms with Crippen molar-refractivity contribution in [3.63, 3.8) is 0 Å². The third kappa shape index (κ3) is 2.41. The molecule has 0 saturated carbocycles. The summed E-state index contributed by atoms with van der Waals surface area (Å²) >= 11 is 0. The van der Waals surface area contributed by atoms with Gasteiger partial charge in [0.05, 0.1) is 6.54 Å². The average Bonchev–Trinajstić information content (AvgIpc) is 2.26. The molecule has 1 saturated heterocycles. The minimum absolute atomic E-state index is 0.0830. The Morgan fingerprint density at radius 3 is 2.50 bits per heavy atom. The van der Waals surface area contributed by atoms with E-state index < -0.39 is 17.9 Å². The molecular weight excluding hydrogens is 190 g/mol. The van der Waals surface area contributed by atoms with Crippen LogP contribution in [0.1, 0.15) is 20.8 Å². The third-order valence-electron chi connectivity index (χ3n) is 2.45. The summed E-state index contributed by atoms with van der Waals surface area (Å²) in [6, 6.07) is -0.956. The topological polar surface area (TPSA) is 32.3 Å². The summed E-state index contributed by atoms with van der Waals surface area (Å²) in [6.07, 6.45) is 0. The second-order valence-electron chi connectivity index (χ2n) is 4.04. The first-order valence-corrected chi connectivity index (χ1v) is 4.72. The van der Waals surface area contributed by atoms with E-state index in [4.69, 9.17) is 0 Å². The van der Waals surface area contributed by atoms with Crippen molar-refractivity contribution in [2.75, 3.05) is 13.1 Å². The van der Waals surface area contributed by atoms with Gasteiger partial charge in [0.2, 0.25) is 5.91 Å². The van der Waals surface area contributed by atoms with Gasteiger partial charge in [0.15, 0.2) is 0 Å². The normalized spacial score (nSPS) is 26.9. The van der Waals surface area contributed by atoms with Crippen molar-refractivity contribution >= 4 is 5.91 Å². The maximum Gasteiger partial charge on any atom is 0.281 e. The molecule has 0 aliphatic carbocycles. The number of alkyl halides is 2. The molecule has 1 unspecified atom stereocenters. The summed E-state index contributed by atoms with van der Waals surface area (Å²) < 4.78 is 26.6. The van der Waals surface area contributed by atoms with Crippen LogP contribution in [-0.2, 0) is 4.79 Å². The van der Waals surface area contributed by atoms with Gasteiger partial charge in [0, 0.05) is 19.5 Å². The van der Waals surface area contributed by atoms with Gasteiger partial charge in [-0.2, -0.15) is 0 Å². The molecule has 1 aliphatic rings. The number of hydrogen-bond acceptors (Lipinski definition) is 2. The van der Waals surface area contributed by atoms with Crippen LogP contribution < -0.4 is 5.32 Å². The van der Waals surface area contributed by atoms with E-state index in [9.17, 15) is 13.6 Å². The first-order valence-electron chi connectivity index (χ1n) is 4.72.